The Morgan fingerprint density at radius 1 is 1.39 bits per heavy atom. The van der Waals surface area contributed by atoms with Crippen molar-refractivity contribution >= 4 is 11.9 Å². The molecule has 0 aromatic carbocycles. The number of carboxylic acid groups (broad SMARTS) is 1. The van der Waals surface area contributed by atoms with Crippen LogP contribution in [0.2, 0.25) is 0 Å². The topological polar surface area (TPSA) is 66.8 Å². The molecule has 2 aliphatic rings. The van der Waals surface area contributed by atoms with Crippen LogP contribution in [0.3, 0.4) is 0 Å². The number of rotatable bonds is 4. The molecule has 1 N–H and O–H groups in total. The van der Waals surface area contributed by atoms with Crippen molar-refractivity contribution in [3.05, 3.63) is 0 Å². The Hall–Kier alpha value is -1.10. The van der Waals surface area contributed by atoms with Gasteiger partial charge in [-0.2, -0.15) is 0 Å². The summed E-state index contributed by atoms with van der Waals surface area (Å²) in [5.41, 5.74) is -0.781. The lowest BCUT2D eigenvalue weighted by Gasteiger charge is -2.40. The third-order valence-electron chi connectivity index (χ3n) is 4.32. The van der Waals surface area contributed by atoms with Crippen LogP contribution in [-0.4, -0.2) is 48.2 Å². The largest absolute Gasteiger partial charge is 0.481 e. The van der Waals surface area contributed by atoms with Gasteiger partial charge in [0.25, 0.3) is 0 Å². The lowest BCUT2D eigenvalue weighted by Crippen LogP contribution is -2.47. The van der Waals surface area contributed by atoms with Crippen molar-refractivity contribution in [1.29, 1.82) is 0 Å². The highest BCUT2D eigenvalue weighted by atomic mass is 16.5. The molecule has 5 heteroatoms. The zero-order chi connectivity index (χ0) is 13.2. The molecule has 1 heterocycles. The van der Waals surface area contributed by atoms with E-state index in [1.165, 1.54) is 0 Å². The summed E-state index contributed by atoms with van der Waals surface area (Å²) in [6.07, 6.45) is 4.35. The molecule has 0 aromatic rings. The Morgan fingerprint density at radius 3 is 2.61 bits per heavy atom. The molecule has 1 aliphatic carbocycles. The van der Waals surface area contributed by atoms with Crippen LogP contribution in [0.15, 0.2) is 0 Å². The van der Waals surface area contributed by atoms with E-state index in [9.17, 15) is 14.7 Å². The third-order valence-corrected chi connectivity index (χ3v) is 4.32. The summed E-state index contributed by atoms with van der Waals surface area (Å²) in [7, 11) is 1.66. The first-order chi connectivity index (χ1) is 8.57. The van der Waals surface area contributed by atoms with Crippen molar-refractivity contribution in [2.24, 2.45) is 5.41 Å². The fourth-order valence-electron chi connectivity index (χ4n) is 2.83. The van der Waals surface area contributed by atoms with Crippen molar-refractivity contribution < 1.29 is 19.4 Å². The van der Waals surface area contributed by atoms with Crippen molar-refractivity contribution in [3.63, 3.8) is 0 Å². The summed E-state index contributed by atoms with van der Waals surface area (Å²) in [5.74, 6) is -0.846. The minimum absolute atomic E-state index is 0.0288. The maximum absolute atomic E-state index is 12.2. The molecular weight excluding hydrogens is 234 g/mol. The molecule has 5 nitrogen and oxygen atoms in total. The monoisotopic (exact) mass is 255 g/mol. The minimum Gasteiger partial charge on any atom is -0.481 e. The molecule has 1 aliphatic heterocycles. The van der Waals surface area contributed by atoms with Gasteiger partial charge in [-0.05, 0) is 25.7 Å². The second kappa shape index (κ2) is 5.26. The number of hydrogen-bond acceptors (Lipinski definition) is 3. The number of hydrogen-bond donors (Lipinski definition) is 1. The van der Waals surface area contributed by atoms with Gasteiger partial charge < -0.3 is 14.7 Å². The van der Waals surface area contributed by atoms with E-state index < -0.39 is 11.4 Å². The fraction of sp³-hybridized carbons (Fsp3) is 0.846. The molecule has 0 spiro atoms. The van der Waals surface area contributed by atoms with E-state index in [1.54, 1.807) is 12.0 Å². The van der Waals surface area contributed by atoms with E-state index in [2.05, 4.69) is 0 Å². The number of nitrogens with zero attached hydrogens (tertiary/aromatic N) is 1. The molecule has 102 valence electrons. The van der Waals surface area contributed by atoms with Crippen molar-refractivity contribution in [1.82, 2.24) is 4.90 Å². The average Bonchev–Trinajstić information content (AvgIpc) is 2.33. The zero-order valence-corrected chi connectivity index (χ0v) is 10.9. The molecule has 0 radical (unpaired) electrons. The Bertz CT molecular complexity index is 338. The summed E-state index contributed by atoms with van der Waals surface area (Å²) < 4.78 is 5.28. The highest BCUT2D eigenvalue weighted by Crippen LogP contribution is 2.44. The Morgan fingerprint density at radius 2 is 2.11 bits per heavy atom. The number of aliphatic carboxylic acids is 1. The predicted octanol–water partition coefficient (Wildman–Crippen LogP) is 1.27. The SMILES string of the molecule is COC1CCCN(C(=O)CC2(C(=O)O)CCC2)C1. The van der Waals surface area contributed by atoms with E-state index in [0.29, 0.717) is 19.4 Å². The number of ether oxygens (including phenoxy) is 1. The standard InChI is InChI=1S/C13H21NO4/c1-18-10-4-2-7-14(9-10)11(15)8-13(12(16)17)5-3-6-13/h10H,2-9H2,1H3,(H,16,17). The third kappa shape index (κ3) is 2.51. The number of carboxylic acids is 1. The molecule has 1 unspecified atom stereocenters. The quantitative estimate of drug-likeness (QED) is 0.821. The smallest absolute Gasteiger partial charge is 0.310 e. The van der Waals surface area contributed by atoms with Gasteiger partial charge in [0.15, 0.2) is 0 Å². The summed E-state index contributed by atoms with van der Waals surface area (Å²) in [4.78, 5) is 25.2. The van der Waals surface area contributed by atoms with Gasteiger partial charge in [0.1, 0.15) is 0 Å². The Labute approximate surface area is 107 Å². The van der Waals surface area contributed by atoms with E-state index in [-0.39, 0.29) is 18.4 Å². The molecule has 0 aromatic heterocycles. The summed E-state index contributed by atoms with van der Waals surface area (Å²) in [6, 6.07) is 0. The number of methoxy groups -OCH3 is 1. The fourth-order valence-corrected chi connectivity index (χ4v) is 2.83. The van der Waals surface area contributed by atoms with Gasteiger partial charge in [-0.15, -0.1) is 0 Å². The van der Waals surface area contributed by atoms with Crippen molar-refractivity contribution in [2.45, 2.75) is 44.6 Å². The molecule has 1 atom stereocenters. The van der Waals surface area contributed by atoms with Crippen LogP contribution in [-0.2, 0) is 14.3 Å². The summed E-state index contributed by atoms with van der Waals surface area (Å²) >= 11 is 0. The molecule has 2 rings (SSSR count). The molecular formula is C13H21NO4. The van der Waals surface area contributed by atoms with Gasteiger partial charge in [-0.1, -0.05) is 6.42 Å². The van der Waals surface area contributed by atoms with Gasteiger partial charge >= 0.3 is 5.97 Å². The van der Waals surface area contributed by atoms with Crippen LogP contribution >= 0.6 is 0 Å². The second-order valence-corrected chi connectivity index (χ2v) is 5.46. The van der Waals surface area contributed by atoms with E-state index in [1.807, 2.05) is 0 Å². The number of carbonyl (C=O) groups is 2. The maximum atomic E-state index is 12.2. The number of piperidine rings is 1. The van der Waals surface area contributed by atoms with E-state index in [4.69, 9.17) is 4.74 Å². The highest BCUT2D eigenvalue weighted by molar-refractivity contribution is 5.85. The van der Waals surface area contributed by atoms with Crippen molar-refractivity contribution in [3.8, 4) is 0 Å². The van der Waals surface area contributed by atoms with Crippen LogP contribution in [0.1, 0.15) is 38.5 Å². The molecule has 2 fully saturated rings. The molecule has 1 saturated heterocycles. The molecule has 18 heavy (non-hydrogen) atoms. The Kier molecular flexibility index (Phi) is 3.90. The summed E-state index contributed by atoms with van der Waals surface area (Å²) in [6.45, 7) is 1.33. The van der Waals surface area contributed by atoms with Gasteiger partial charge in [0.2, 0.25) is 5.91 Å². The van der Waals surface area contributed by atoms with Crippen LogP contribution in [0.4, 0.5) is 0 Å². The molecule has 1 amide bonds. The van der Waals surface area contributed by atoms with Crippen LogP contribution in [0.25, 0.3) is 0 Å². The van der Waals surface area contributed by atoms with Gasteiger partial charge in [0.05, 0.1) is 11.5 Å². The highest BCUT2D eigenvalue weighted by Gasteiger charge is 2.46. The number of amides is 1. The maximum Gasteiger partial charge on any atom is 0.310 e. The first-order valence-electron chi connectivity index (χ1n) is 6.61. The Balaban J connectivity index is 1.93. The predicted molar refractivity (Wildman–Crippen MR) is 65.1 cm³/mol. The number of carbonyl (C=O) groups excluding carboxylic acids is 1. The lowest BCUT2D eigenvalue weighted by atomic mass is 9.66. The normalized spacial score (nSPS) is 26.5. The van der Waals surface area contributed by atoms with E-state index in [0.717, 1.165) is 25.8 Å². The second-order valence-electron chi connectivity index (χ2n) is 5.46. The van der Waals surface area contributed by atoms with Gasteiger partial charge in [-0.25, -0.2) is 0 Å². The summed E-state index contributed by atoms with van der Waals surface area (Å²) in [5, 5.41) is 9.23. The van der Waals surface area contributed by atoms with Crippen LogP contribution in [0, 0.1) is 5.41 Å². The van der Waals surface area contributed by atoms with Gasteiger partial charge in [-0.3, -0.25) is 9.59 Å². The first-order valence-corrected chi connectivity index (χ1v) is 6.61. The first kappa shape index (κ1) is 13.3. The average molecular weight is 255 g/mol. The van der Waals surface area contributed by atoms with E-state index >= 15 is 0 Å². The molecule has 0 bridgehead atoms. The lowest BCUT2D eigenvalue weighted by molar-refractivity contribution is -0.160. The molecule has 1 saturated carbocycles. The zero-order valence-electron chi connectivity index (χ0n) is 10.9. The van der Waals surface area contributed by atoms with Crippen LogP contribution in [0.5, 0.6) is 0 Å². The van der Waals surface area contributed by atoms with Crippen LogP contribution < -0.4 is 0 Å². The minimum atomic E-state index is -0.817. The number of likely N-dealkylation sites (tertiary alicyclic amines) is 1. The van der Waals surface area contributed by atoms with Crippen molar-refractivity contribution in [2.75, 3.05) is 20.2 Å². The van der Waals surface area contributed by atoms with Gasteiger partial charge in [0, 0.05) is 26.6 Å².